The van der Waals surface area contributed by atoms with Crippen molar-refractivity contribution in [3.63, 3.8) is 0 Å². The van der Waals surface area contributed by atoms with Crippen LogP contribution in [0.25, 0.3) is 0 Å². The molecule has 1 aliphatic rings. The van der Waals surface area contributed by atoms with Crippen LogP contribution in [0.2, 0.25) is 0 Å². The molecule has 0 spiro atoms. The van der Waals surface area contributed by atoms with E-state index in [1.807, 2.05) is 0 Å². The van der Waals surface area contributed by atoms with E-state index in [0.717, 1.165) is 31.1 Å². The first-order valence-electron chi connectivity index (χ1n) is 8.14. The SMILES string of the molecule is CCC(CCCl)CNCc1ccn(C2CCCCC2)n1. The van der Waals surface area contributed by atoms with Gasteiger partial charge < -0.3 is 5.32 Å². The lowest BCUT2D eigenvalue weighted by Gasteiger charge is -2.21. The van der Waals surface area contributed by atoms with E-state index in [0.29, 0.717) is 12.0 Å². The third kappa shape index (κ3) is 4.78. The summed E-state index contributed by atoms with van der Waals surface area (Å²) in [6.07, 6.45) is 11.1. The van der Waals surface area contributed by atoms with E-state index in [1.54, 1.807) is 0 Å². The largest absolute Gasteiger partial charge is 0.311 e. The average Bonchev–Trinajstić information content (AvgIpc) is 2.96. The highest BCUT2D eigenvalue weighted by Crippen LogP contribution is 2.27. The zero-order valence-electron chi connectivity index (χ0n) is 12.7. The van der Waals surface area contributed by atoms with Crippen molar-refractivity contribution < 1.29 is 0 Å². The van der Waals surface area contributed by atoms with Crippen molar-refractivity contribution in [1.82, 2.24) is 15.1 Å². The third-order valence-corrected chi connectivity index (χ3v) is 4.66. The number of rotatable bonds is 8. The molecule has 1 unspecified atom stereocenters. The molecule has 1 aromatic rings. The van der Waals surface area contributed by atoms with E-state index in [-0.39, 0.29) is 0 Å². The summed E-state index contributed by atoms with van der Waals surface area (Å²) >= 11 is 5.82. The molecule has 1 N–H and O–H groups in total. The second-order valence-electron chi connectivity index (χ2n) is 5.96. The van der Waals surface area contributed by atoms with E-state index in [9.17, 15) is 0 Å². The maximum atomic E-state index is 5.82. The summed E-state index contributed by atoms with van der Waals surface area (Å²) in [6.45, 7) is 4.15. The minimum atomic E-state index is 0.636. The van der Waals surface area contributed by atoms with Crippen molar-refractivity contribution >= 4 is 11.6 Å². The molecule has 1 heterocycles. The predicted octanol–water partition coefficient (Wildman–Crippen LogP) is 4.13. The molecule has 0 radical (unpaired) electrons. The summed E-state index contributed by atoms with van der Waals surface area (Å²) in [5.74, 6) is 1.45. The van der Waals surface area contributed by atoms with Gasteiger partial charge in [0.1, 0.15) is 0 Å². The molecule has 1 saturated carbocycles. The quantitative estimate of drug-likeness (QED) is 0.731. The van der Waals surface area contributed by atoms with Gasteiger partial charge in [0.15, 0.2) is 0 Å². The van der Waals surface area contributed by atoms with Gasteiger partial charge in [0.05, 0.1) is 11.7 Å². The molecule has 1 atom stereocenters. The minimum absolute atomic E-state index is 0.636. The highest BCUT2D eigenvalue weighted by Gasteiger charge is 2.15. The monoisotopic (exact) mass is 297 g/mol. The van der Waals surface area contributed by atoms with Crippen molar-refractivity contribution in [2.45, 2.75) is 64.5 Å². The van der Waals surface area contributed by atoms with Gasteiger partial charge in [-0.05, 0) is 37.8 Å². The molecule has 114 valence electrons. The number of nitrogens with one attached hydrogen (secondary N) is 1. The van der Waals surface area contributed by atoms with Crippen LogP contribution in [-0.4, -0.2) is 22.2 Å². The number of halogens is 1. The Labute approximate surface area is 128 Å². The first-order chi connectivity index (χ1) is 9.83. The third-order valence-electron chi connectivity index (χ3n) is 4.45. The second-order valence-corrected chi connectivity index (χ2v) is 6.34. The molecule has 0 saturated heterocycles. The molecule has 0 bridgehead atoms. The fraction of sp³-hybridized carbons (Fsp3) is 0.812. The summed E-state index contributed by atoms with van der Waals surface area (Å²) < 4.78 is 2.19. The van der Waals surface area contributed by atoms with Crippen LogP contribution in [0, 0.1) is 5.92 Å². The average molecular weight is 298 g/mol. The number of aromatic nitrogens is 2. The van der Waals surface area contributed by atoms with Gasteiger partial charge in [0, 0.05) is 18.6 Å². The van der Waals surface area contributed by atoms with Crippen LogP contribution in [0.15, 0.2) is 12.3 Å². The fourth-order valence-electron chi connectivity index (χ4n) is 3.03. The second kappa shape index (κ2) is 8.68. The van der Waals surface area contributed by atoms with Gasteiger partial charge >= 0.3 is 0 Å². The van der Waals surface area contributed by atoms with Crippen LogP contribution in [0.1, 0.15) is 63.6 Å². The van der Waals surface area contributed by atoms with Crippen molar-refractivity contribution in [3.8, 4) is 0 Å². The number of hydrogen-bond donors (Lipinski definition) is 1. The molecule has 0 amide bonds. The summed E-state index contributed by atoms with van der Waals surface area (Å²) in [7, 11) is 0. The van der Waals surface area contributed by atoms with Gasteiger partial charge in [-0.25, -0.2) is 0 Å². The Balaban J connectivity index is 1.74. The maximum Gasteiger partial charge on any atom is 0.0762 e. The van der Waals surface area contributed by atoms with Crippen molar-refractivity contribution in [1.29, 1.82) is 0 Å². The van der Waals surface area contributed by atoms with Crippen LogP contribution in [0.4, 0.5) is 0 Å². The standard InChI is InChI=1S/C16H28ClN3/c1-2-14(8-10-17)12-18-13-15-9-11-20(19-15)16-6-4-3-5-7-16/h9,11,14,16,18H,2-8,10,12-13H2,1H3. The number of alkyl halides is 1. The molecule has 0 aromatic carbocycles. The van der Waals surface area contributed by atoms with E-state index < -0.39 is 0 Å². The normalized spacial score (nSPS) is 18.3. The van der Waals surface area contributed by atoms with Crippen LogP contribution in [0.5, 0.6) is 0 Å². The number of nitrogens with zero attached hydrogens (tertiary/aromatic N) is 2. The molecule has 0 aliphatic heterocycles. The topological polar surface area (TPSA) is 29.9 Å². The van der Waals surface area contributed by atoms with Crippen molar-refractivity contribution in [2.75, 3.05) is 12.4 Å². The molecule has 1 fully saturated rings. The Morgan fingerprint density at radius 1 is 1.40 bits per heavy atom. The van der Waals surface area contributed by atoms with Gasteiger partial charge in [-0.15, -0.1) is 11.6 Å². The molecule has 3 nitrogen and oxygen atoms in total. The summed E-state index contributed by atoms with van der Waals surface area (Å²) in [5.41, 5.74) is 1.16. The molecule has 4 heteroatoms. The van der Waals surface area contributed by atoms with E-state index in [1.165, 1.54) is 38.5 Å². The predicted molar refractivity (Wildman–Crippen MR) is 85.2 cm³/mol. The highest BCUT2D eigenvalue weighted by atomic mass is 35.5. The Bertz CT molecular complexity index is 372. The lowest BCUT2D eigenvalue weighted by molar-refractivity contribution is 0.327. The Kier molecular flexibility index (Phi) is 6.88. The summed E-state index contributed by atoms with van der Waals surface area (Å²) in [6, 6.07) is 2.79. The van der Waals surface area contributed by atoms with Gasteiger partial charge in [0.2, 0.25) is 0 Å². The van der Waals surface area contributed by atoms with Crippen LogP contribution in [-0.2, 0) is 6.54 Å². The first kappa shape index (κ1) is 15.8. The van der Waals surface area contributed by atoms with Gasteiger partial charge in [-0.3, -0.25) is 4.68 Å². The van der Waals surface area contributed by atoms with Crippen molar-refractivity contribution in [2.24, 2.45) is 5.92 Å². The lowest BCUT2D eigenvalue weighted by Crippen LogP contribution is -2.23. The maximum absolute atomic E-state index is 5.82. The van der Waals surface area contributed by atoms with Crippen LogP contribution in [0.3, 0.4) is 0 Å². The summed E-state index contributed by atoms with van der Waals surface area (Å²) in [4.78, 5) is 0. The lowest BCUT2D eigenvalue weighted by atomic mass is 9.96. The first-order valence-corrected chi connectivity index (χ1v) is 8.67. The molecule has 1 aliphatic carbocycles. The zero-order valence-corrected chi connectivity index (χ0v) is 13.4. The Hall–Kier alpha value is -0.540. The zero-order chi connectivity index (χ0) is 14.2. The van der Waals surface area contributed by atoms with Gasteiger partial charge in [-0.1, -0.05) is 32.6 Å². The van der Waals surface area contributed by atoms with E-state index >= 15 is 0 Å². The fourth-order valence-corrected chi connectivity index (χ4v) is 3.34. The smallest absolute Gasteiger partial charge is 0.0762 e. The molecule has 2 rings (SSSR count). The van der Waals surface area contributed by atoms with Crippen molar-refractivity contribution in [3.05, 3.63) is 18.0 Å². The molecular formula is C16H28ClN3. The van der Waals surface area contributed by atoms with Gasteiger partial charge in [-0.2, -0.15) is 5.10 Å². The highest BCUT2D eigenvalue weighted by molar-refractivity contribution is 6.17. The Morgan fingerprint density at radius 2 is 2.20 bits per heavy atom. The molecular weight excluding hydrogens is 270 g/mol. The molecule has 1 aromatic heterocycles. The van der Waals surface area contributed by atoms with Gasteiger partial charge in [0.25, 0.3) is 0 Å². The molecule has 20 heavy (non-hydrogen) atoms. The minimum Gasteiger partial charge on any atom is -0.311 e. The summed E-state index contributed by atoms with van der Waals surface area (Å²) in [5, 5.41) is 8.25. The van der Waals surface area contributed by atoms with Crippen LogP contribution < -0.4 is 5.32 Å². The number of hydrogen-bond acceptors (Lipinski definition) is 2. The van der Waals surface area contributed by atoms with E-state index in [2.05, 4.69) is 29.2 Å². The van der Waals surface area contributed by atoms with Crippen LogP contribution >= 0.6 is 11.6 Å². The Morgan fingerprint density at radius 3 is 2.90 bits per heavy atom. The van der Waals surface area contributed by atoms with E-state index in [4.69, 9.17) is 16.7 Å².